The Bertz CT molecular complexity index is 989. The van der Waals surface area contributed by atoms with E-state index in [0.717, 1.165) is 28.1 Å². The van der Waals surface area contributed by atoms with Crippen LogP contribution in [0.4, 0.5) is 4.39 Å². The molecule has 1 atom stereocenters. The van der Waals surface area contributed by atoms with Crippen molar-refractivity contribution in [3.8, 4) is 0 Å². The largest absolute Gasteiger partial charge is 0.351 e. The fraction of sp³-hybridized carbons (Fsp3) is 0.350. The van der Waals surface area contributed by atoms with Crippen LogP contribution in [0.15, 0.2) is 35.6 Å². The maximum atomic E-state index is 13.6. The predicted molar refractivity (Wildman–Crippen MR) is 108 cm³/mol. The Morgan fingerprint density at radius 2 is 2.22 bits per heavy atom. The van der Waals surface area contributed by atoms with E-state index in [1.807, 2.05) is 0 Å². The van der Waals surface area contributed by atoms with Crippen LogP contribution in [0.2, 0.25) is 0 Å². The first-order valence-corrected chi connectivity index (χ1v) is 10.8. The predicted octanol–water partition coefficient (Wildman–Crippen LogP) is 4.36. The van der Waals surface area contributed by atoms with Crippen LogP contribution in [0.25, 0.3) is 10.2 Å². The summed E-state index contributed by atoms with van der Waals surface area (Å²) in [4.78, 5) is 23.5. The van der Waals surface area contributed by atoms with Crippen LogP contribution in [0.1, 0.15) is 29.3 Å². The highest BCUT2D eigenvalue weighted by Crippen LogP contribution is 2.40. The van der Waals surface area contributed by atoms with Crippen molar-refractivity contribution in [1.29, 1.82) is 0 Å². The van der Waals surface area contributed by atoms with Gasteiger partial charge in [-0.1, -0.05) is 36.9 Å². The molecule has 140 valence electrons. The van der Waals surface area contributed by atoms with Gasteiger partial charge in [0.1, 0.15) is 22.0 Å². The van der Waals surface area contributed by atoms with Crippen LogP contribution in [0.5, 0.6) is 0 Å². The third-order valence-electron chi connectivity index (χ3n) is 4.83. The lowest BCUT2D eigenvalue weighted by Gasteiger charge is -2.18. The molecule has 4 rings (SSSR count). The fourth-order valence-corrected chi connectivity index (χ4v) is 5.65. The van der Waals surface area contributed by atoms with E-state index < -0.39 is 0 Å². The van der Waals surface area contributed by atoms with Gasteiger partial charge in [-0.3, -0.25) is 4.79 Å². The van der Waals surface area contributed by atoms with Crippen molar-refractivity contribution in [2.45, 2.75) is 37.8 Å². The summed E-state index contributed by atoms with van der Waals surface area (Å²) in [5.41, 5.74) is 1.85. The van der Waals surface area contributed by atoms with E-state index in [4.69, 9.17) is 0 Å². The number of aromatic nitrogens is 2. The van der Waals surface area contributed by atoms with Crippen LogP contribution in [0, 0.1) is 11.7 Å². The maximum absolute atomic E-state index is 13.6. The van der Waals surface area contributed by atoms with E-state index in [1.165, 1.54) is 34.7 Å². The summed E-state index contributed by atoms with van der Waals surface area (Å²) < 4.78 is 13.6. The van der Waals surface area contributed by atoms with Crippen LogP contribution in [-0.4, -0.2) is 21.6 Å². The molecule has 0 spiro atoms. The van der Waals surface area contributed by atoms with Gasteiger partial charge in [0.2, 0.25) is 5.91 Å². The van der Waals surface area contributed by atoms with Crippen molar-refractivity contribution in [3.63, 3.8) is 0 Å². The summed E-state index contributed by atoms with van der Waals surface area (Å²) in [6.45, 7) is 2.48. The molecular weight excluding hydrogens is 381 g/mol. The number of carbonyl (C=O) groups is 1. The highest BCUT2D eigenvalue weighted by molar-refractivity contribution is 8.00. The van der Waals surface area contributed by atoms with Crippen molar-refractivity contribution in [1.82, 2.24) is 15.3 Å². The van der Waals surface area contributed by atoms with E-state index in [2.05, 4.69) is 22.2 Å². The Labute approximate surface area is 165 Å². The van der Waals surface area contributed by atoms with Crippen molar-refractivity contribution in [2.75, 3.05) is 5.75 Å². The zero-order valence-electron chi connectivity index (χ0n) is 15.0. The zero-order chi connectivity index (χ0) is 18.8. The lowest BCUT2D eigenvalue weighted by atomic mass is 9.89. The van der Waals surface area contributed by atoms with Crippen LogP contribution < -0.4 is 5.32 Å². The summed E-state index contributed by atoms with van der Waals surface area (Å²) >= 11 is 3.18. The third-order valence-corrected chi connectivity index (χ3v) is 6.98. The molecule has 2 aromatic heterocycles. The number of carbonyl (C=O) groups excluding carboxylic acids is 1. The summed E-state index contributed by atoms with van der Waals surface area (Å²) in [7, 11) is 0. The lowest BCUT2D eigenvalue weighted by Crippen LogP contribution is -2.25. The van der Waals surface area contributed by atoms with E-state index in [1.54, 1.807) is 35.9 Å². The standard InChI is InChI=1S/C20H20FN3OS2/c1-12-6-7-14-16(8-12)27-20-18(14)19(23-11-24-20)26-10-17(25)22-9-13-4-2-3-5-15(13)21/h2-5,11-12H,6-10H2,1H3,(H,22,25)/t12-/m1/s1. The quantitative estimate of drug-likeness (QED) is 0.510. The SMILES string of the molecule is C[C@@H]1CCc2c(sc3ncnc(SCC(=O)NCc4ccccc4F)c23)C1. The molecule has 27 heavy (non-hydrogen) atoms. The number of hydrogen-bond acceptors (Lipinski definition) is 5. The number of hydrogen-bond donors (Lipinski definition) is 1. The zero-order valence-corrected chi connectivity index (χ0v) is 16.6. The lowest BCUT2D eigenvalue weighted by molar-refractivity contribution is -0.118. The normalized spacial score (nSPS) is 16.3. The van der Waals surface area contributed by atoms with Gasteiger partial charge in [-0.15, -0.1) is 11.3 Å². The number of rotatable bonds is 5. The number of fused-ring (bicyclic) bond motifs is 3. The minimum absolute atomic E-state index is 0.132. The number of thiophene rings is 1. The Morgan fingerprint density at radius 1 is 1.37 bits per heavy atom. The number of nitrogens with one attached hydrogen (secondary N) is 1. The number of thioether (sulfide) groups is 1. The second-order valence-corrected chi connectivity index (χ2v) is 8.92. The third kappa shape index (κ3) is 3.99. The highest BCUT2D eigenvalue weighted by atomic mass is 32.2. The molecule has 0 unspecified atom stereocenters. The minimum atomic E-state index is -0.304. The summed E-state index contributed by atoms with van der Waals surface area (Å²) in [5.74, 6) is 0.523. The van der Waals surface area contributed by atoms with Crippen molar-refractivity contribution < 1.29 is 9.18 Å². The molecule has 0 fully saturated rings. The summed E-state index contributed by atoms with van der Waals surface area (Å²) in [6, 6.07) is 6.47. The number of amides is 1. The van der Waals surface area contributed by atoms with Gasteiger partial charge in [-0.2, -0.15) is 0 Å². The Balaban J connectivity index is 1.44. The van der Waals surface area contributed by atoms with E-state index >= 15 is 0 Å². The molecule has 1 aliphatic rings. The van der Waals surface area contributed by atoms with Gasteiger partial charge in [-0.25, -0.2) is 14.4 Å². The molecule has 4 nitrogen and oxygen atoms in total. The van der Waals surface area contributed by atoms with Crippen molar-refractivity contribution >= 4 is 39.2 Å². The fourth-order valence-electron chi connectivity index (χ4n) is 3.38. The monoisotopic (exact) mass is 401 g/mol. The number of nitrogens with zero attached hydrogens (tertiary/aromatic N) is 2. The maximum Gasteiger partial charge on any atom is 0.230 e. The van der Waals surface area contributed by atoms with E-state index in [-0.39, 0.29) is 24.0 Å². The van der Waals surface area contributed by atoms with Gasteiger partial charge >= 0.3 is 0 Å². The van der Waals surface area contributed by atoms with Gasteiger partial charge in [0, 0.05) is 22.4 Å². The van der Waals surface area contributed by atoms with Crippen LogP contribution in [0.3, 0.4) is 0 Å². The van der Waals surface area contributed by atoms with Gasteiger partial charge in [-0.05, 0) is 36.8 Å². The molecule has 0 radical (unpaired) electrons. The second-order valence-electron chi connectivity index (χ2n) is 6.87. The molecule has 1 amide bonds. The van der Waals surface area contributed by atoms with Gasteiger partial charge in [0.25, 0.3) is 0 Å². The summed E-state index contributed by atoms with van der Waals surface area (Å²) in [6.07, 6.45) is 4.91. The van der Waals surface area contributed by atoms with Gasteiger partial charge < -0.3 is 5.32 Å². The Kier molecular flexibility index (Phi) is 5.41. The van der Waals surface area contributed by atoms with Crippen LogP contribution in [-0.2, 0) is 24.2 Å². The molecule has 1 N–H and O–H groups in total. The molecular formula is C20H20FN3OS2. The molecule has 0 saturated heterocycles. The highest BCUT2D eigenvalue weighted by Gasteiger charge is 2.23. The molecule has 1 aromatic carbocycles. The molecule has 7 heteroatoms. The average Bonchev–Trinajstić information content (AvgIpc) is 3.03. The molecule has 3 aromatic rings. The molecule has 0 saturated carbocycles. The van der Waals surface area contributed by atoms with E-state index in [0.29, 0.717) is 11.5 Å². The van der Waals surface area contributed by atoms with Gasteiger partial charge in [0.15, 0.2) is 0 Å². The number of benzene rings is 1. The average molecular weight is 402 g/mol. The number of aryl methyl sites for hydroxylation is 1. The summed E-state index contributed by atoms with van der Waals surface area (Å²) in [5, 5.41) is 4.77. The van der Waals surface area contributed by atoms with Crippen molar-refractivity contribution in [2.24, 2.45) is 5.92 Å². The Hall–Kier alpha value is -1.99. The van der Waals surface area contributed by atoms with Crippen LogP contribution >= 0.6 is 23.1 Å². The second kappa shape index (κ2) is 7.94. The first kappa shape index (κ1) is 18.4. The smallest absolute Gasteiger partial charge is 0.230 e. The topological polar surface area (TPSA) is 54.9 Å². The molecule has 1 aliphatic carbocycles. The van der Waals surface area contributed by atoms with E-state index in [9.17, 15) is 9.18 Å². The van der Waals surface area contributed by atoms with Crippen molar-refractivity contribution in [3.05, 3.63) is 52.4 Å². The molecule has 0 aliphatic heterocycles. The van der Waals surface area contributed by atoms with Gasteiger partial charge in [0.05, 0.1) is 5.75 Å². The minimum Gasteiger partial charge on any atom is -0.351 e. The molecule has 0 bridgehead atoms. The first-order chi connectivity index (χ1) is 13.1. The Morgan fingerprint density at radius 3 is 3.07 bits per heavy atom. The first-order valence-electron chi connectivity index (χ1n) is 9.00. The number of halogens is 1. The molecule has 2 heterocycles.